The first-order valence-electron chi connectivity index (χ1n) is 10.1. The molecule has 2 aliphatic heterocycles. The minimum Gasteiger partial charge on any atom is -0.507 e. The lowest BCUT2D eigenvalue weighted by Gasteiger charge is -2.31. The summed E-state index contributed by atoms with van der Waals surface area (Å²) in [5, 5.41) is 11.5. The van der Waals surface area contributed by atoms with Crippen LogP contribution >= 0.6 is 27.5 Å². The molecule has 2 fully saturated rings. The molecule has 2 aromatic rings. The third kappa shape index (κ3) is 4.55. The van der Waals surface area contributed by atoms with Crippen LogP contribution in [0.4, 0.5) is 0 Å². The molecule has 0 spiro atoms. The van der Waals surface area contributed by atoms with Crippen LogP contribution in [0.3, 0.4) is 0 Å². The summed E-state index contributed by atoms with van der Waals surface area (Å²) >= 11 is 9.83. The Labute approximate surface area is 194 Å². The maximum absolute atomic E-state index is 13.0. The number of hydrogen-bond acceptors (Lipinski definition) is 5. The van der Waals surface area contributed by atoms with Crippen LogP contribution in [0.2, 0.25) is 5.02 Å². The van der Waals surface area contributed by atoms with Crippen LogP contribution < -0.4 is 0 Å². The molecule has 0 aliphatic carbocycles. The molecule has 4 rings (SSSR count). The Morgan fingerprint density at radius 1 is 1.06 bits per heavy atom. The second-order valence-electron chi connectivity index (χ2n) is 7.47. The third-order valence-electron chi connectivity index (χ3n) is 5.62. The van der Waals surface area contributed by atoms with Gasteiger partial charge in [0.25, 0.3) is 11.7 Å². The van der Waals surface area contributed by atoms with Gasteiger partial charge in [0.2, 0.25) is 0 Å². The first kappa shape index (κ1) is 22.0. The zero-order valence-corrected chi connectivity index (χ0v) is 19.1. The van der Waals surface area contributed by atoms with Crippen LogP contribution in [0.25, 0.3) is 5.76 Å². The van der Waals surface area contributed by atoms with Crippen molar-refractivity contribution in [1.29, 1.82) is 0 Å². The molecule has 2 aromatic carbocycles. The number of hydrogen-bond donors (Lipinski definition) is 1. The van der Waals surface area contributed by atoms with Gasteiger partial charge in [0.05, 0.1) is 24.8 Å². The standard InChI is InChI=1S/C23H22BrClN2O4/c24-16-7-5-15(6-8-16)21(28)19-20(17-3-1-2-4-18(17)25)27(23(30)22(19)29)10-9-26-11-13-31-14-12-26/h1-8,20,28H,9-14H2/b21-19+. The quantitative estimate of drug-likeness (QED) is 0.380. The van der Waals surface area contributed by atoms with E-state index in [4.69, 9.17) is 16.3 Å². The van der Waals surface area contributed by atoms with Gasteiger partial charge < -0.3 is 14.7 Å². The Morgan fingerprint density at radius 2 is 1.74 bits per heavy atom. The van der Waals surface area contributed by atoms with Gasteiger partial charge in [-0.1, -0.05) is 57.9 Å². The predicted octanol–water partition coefficient (Wildman–Crippen LogP) is 3.86. The number of aliphatic hydroxyl groups is 1. The van der Waals surface area contributed by atoms with Crippen LogP contribution in [-0.2, 0) is 14.3 Å². The minimum absolute atomic E-state index is 0.0578. The number of aliphatic hydroxyl groups excluding tert-OH is 1. The third-order valence-corrected chi connectivity index (χ3v) is 6.49. The van der Waals surface area contributed by atoms with E-state index in [9.17, 15) is 14.7 Å². The van der Waals surface area contributed by atoms with Crippen molar-refractivity contribution in [2.24, 2.45) is 0 Å². The highest BCUT2D eigenvalue weighted by atomic mass is 79.9. The fraction of sp³-hybridized carbons (Fsp3) is 0.304. The summed E-state index contributed by atoms with van der Waals surface area (Å²) in [6, 6.07) is 13.3. The van der Waals surface area contributed by atoms with Crippen molar-refractivity contribution in [3.8, 4) is 0 Å². The normalized spacial score (nSPS) is 21.6. The van der Waals surface area contributed by atoms with E-state index in [1.807, 2.05) is 6.07 Å². The van der Waals surface area contributed by atoms with Gasteiger partial charge in [-0.2, -0.15) is 0 Å². The van der Waals surface area contributed by atoms with Crippen molar-refractivity contribution in [1.82, 2.24) is 9.80 Å². The molecule has 2 heterocycles. The Kier molecular flexibility index (Phi) is 6.77. The van der Waals surface area contributed by atoms with E-state index in [2.05, 4.69) is 20.8 Å². The first-order chi connectivity index (χ1) is 15.0. The Balaban J connectivity index is 1.75. The number of rotatable bonds is 5. The van der Waals surface area contributed by atoms with Crippen molar-refractivity contribution >= 4 is 45.0 Å². The lowest BCUT2D eigenvalue weighted by Crippen LogP contribution is -2.42. The van der Waals surface area contributed by atoms with Gasteiger partial charge in [0, 0.05) is 41.2 Å². The summed E-state index contributed by atoms with van der Waals surface area (Å²) in [6.07, 6.45) is 0. The molecular formula is C23H22BrClN2O4. The van der Waals surface area contributed by atoms with Crippen LogP contribution in [0.15, 0.2) is 58.6 Å². The summed E-state index contributed by atoms with van der Waals surface area (Å²) in [5.74, 6) is -1.53. The number of carbonyl (C=O) groups excluding carboxylic acids is 2. The van der Waals surface area contributed by atoms with E-state index in [1.54, 1.807) is 42.5 Å². The maximum Gasteiger partial charge on any atom is 0.295 e. The molecule has 1 unspecified atom stereocenters. The van der Waals surface area contributed by atoms with Crippen LogP contribution in [0, 0.1) is 0 Å². The number of halogens is 2. The largest absolute Gasteiger partial charge is 0.507 e. The molecule has 6 nitrogen and oxygen atoms in total. The van der Waals surface area contributed by atoms with E-state index in [0.29, 0.717) is 42.5 Å². The molecule has 31 heavy (non-hydrogen) atoms. The summed E-state index contributed by atoms with van der Waals surface area (Å²) in [5.41, 5.74) is 1.14. The molecule has 1 N–H and O–H groups in total. The van der Waals surface area contributed by atoms with Crippen LogP contribution in [-0.4, -0.2) is 66.0 Å². The molecule has 2 saturated heterocycles. The number of carbonyl (C=O) groups is 2. The fourth-order valence-electron chi connectivity index (χ4n) is 3.97. The molecule has 1 atom stereocenters. The summed E-state index contributed by atoms with van der Waals surface area (Å²) in [6.45, 7) is 3.80. The van der Waals surface area contributed by atoms with E-state index in [1.165, 1.54) is 4.90 Å². The summed E-state index contributed by atoms with van der Waals surface area (Å²) in [7, 11) is 0. The number of nitrogens with zero attached hydrogens (tertiary/aromatic N) is 2. The highest BCUT2D eigenvalue weighted by Gasteiger charge is 2.46. The highest BCUT2D eigenvalue weighted by Crippen LogP contribution is 2.41. The number of amides is 1. The van der Waals surface area contributed by atoms with E-state index in [-0.39, 0.29) is 11.3 Å². The van der Waals surface area contributed by atoms with Crippen molar-refractivity contribution < 1.29 is 19.4 Å². The molecule has 1 amide bonds. The molecular weight excluding hydrogens is 484 g/mol. The number of ether oxygens (including phenoxy) is 1. The first-order valence-corrected chi connectivity index (χ1v) is 11.2. The van der Waals surface area contributed by atoms with Gasteiger partial charge in [-0.15, -0.1) is 0 Å². The summed E-state index contributed by atoms with van der Waals surface area (Å²) in [4.78, 5) is 29.8. The topological polar surface area (TPSA) is 70.1 Å². The number of Topliss-reactive ketones (excluding diaryl/α,β-unsaturated/α-hetero) is 1. The molecule has 162 valence electrons. The van der Waals surface area contributed by atoms with Crippen molar-refractivity contribution in [3.63, 3.8) is 0 Å². The minimum atomic E-state index is -0.751. The smallest absolute Gasteiger partial charge is 0.295 e. The second kappa shape index (κ2) is 9.53. The van der Waals surface area contributed by atoms with Crippen molar-refractivity contribution in [2.75, 3.05) is 39.4 Å². The monoisotopic (exact) mass is 504 g/mol. The van der Waals surface area contributed by atoms with Crippen LogP contribution in [0.5, 0.6) is 0 Å². The number of morpholine rings is 1. The highest BCUT2D eigenvalue weighted by molar-refractivity contribution is 9.10. The van der Waals surface area contributed by atoms with Crippen molar-refractivity contribution in [3.05, 3.63) is 74.7 Å². The molecule has 0 aromatic heterocycles. The number of benzene rings is 2. The molecule has 0 radical (unpaired) electrons. The molecule has 0 saturated carbocycles. The Hall–Kier alpha value is -2.19. The molecule has 2 aliphatic rings. The van der Waals surface area contributed by atoms with E-state index >= 15 is 0 Å². The van der Waals surface area contributed by atoms with Crippen molar-refractivity contribution in [2.45, 2.75) is 6.04 Å². The van der Waals surface area contributed by atoms with Gasteiger partial charge >= 0.3 is 0 Å². The van der Waals surface area contributed by atoms with Gasteiger partial charge in [-0.3, -0.25) is 14.5 Å². The predicted molar refractivity (Wildman–Crippen MR) is 122 cm³/mol. The maximum atomic E-state index is 13.0. The van der Waals surface area contributed by atoms with Gasteiger partial charge in [-0.25, -0.2) is 0 Å². The van der Waals surface area contributed by atoms with E-state index < -0.39 is 17.7 Å². The second-order valence-corrected chi connectivity index (χ2v) is 8.80. The molecule has 0 bridgehead atoms. The lowest BCUT2D eigenvalue weighted by molar-refractivity contribution is -0.140. The number of likely N-dealkylation sites (tertiary alicyclic amines) is 1. The lowest BCUT2D eigenvalue weighted by atomic mass is 9.95. The van der Waals surface area contributed by atoms with Gasteiger partial charge in [0.1, 0.15) is 5.76 Å². The average molecular weight is 506 g/mol. The zero-order valence-electron chi connectivity index (χ0n) is 16.8. The van der Waals surface area contributed by atoms with Gasteiger partial charge in [-0.05, 0) is 23.8 Å². The fourth-order valence-corrected chi connectivity index (χ4v) is 4.47. The Bertz CT molecular complexity index is 1020. The Morgan fingerprint density at radius 3 is 2.42 bits per heavy atom. The van der Waals surface area contributed by atoms with Gasteiger partial charge in [0.15, 0.2) is 0 Å². The average Bonchev–Trinajstić information content (AvgIpc) is 3.03. The van der Waals surface area contributed by atoms with Crippen LogP contribution in [0.1, 0.15) is 17.2 Å². The van der Waals surface area contributed by atoms with E-state index in [0.717, 1.165) is 17.6 Å². The number of ketones is 1. The SMILES string of the molecule is O=C1C(=O)N(CCN2CCOCC2)C(c2ccccc2Cl)/C1=C(\O)c1ccc(Br)cc1. The summed E-state index contributed by atoms with van der Waals surface area (Å²) < 4.78 is 6.23. The zero-order chi connectivity index (χ0) is 22.0. The molecule has 8 heteroatoms.